The lowest BCUT2D eigenvalue weighted by molar-refractivity contribution is -0.134. The number of Topliss-reactive ketones (excluding diaryl/α,β-unsaturated/α-hetero) is 1. The van der Waals surface area contributed by atoms with Crippen molar-refractivity contribution in [3.63, 3.8) is 0 Å². The van der Waals surface area contributed by atoms with Crippen LogP contribution in [0.1, 0.15) is 36.8 Å². The number of amides is 2. The summed E-state index contributed by atoms with van der Waals surface area (Å²) in [7, 11) is 0. The molecule has 2 aromatic rings. The van der Waals surface area contributed by atoms with Gasteiger partial charge in [0.15, 0.2) is 11.7 Å². The van der Waals surface area contributed by atoms with Gasteiger partial charge in [-0.15, -0.1) is 0 Å². The number of guanidine groups is 1. The first-order valence-corrected chi connectivity index (χ1v) is 11.3. The highest BCUT2D eigenvalue weighted by atomic mass is 16.6. The Labute approximate surface area is 198 Å². The van der Waals surface area contributed by atoms with Crippen molar-refractivity contribution in [2.45, 2.75) is 37.8 Å². The molecule has 2 atom stereocenters. The molecule has 0 bridgehead atoms. The number of ether oxygens (including phenoxy) is 1. The maximum absolute atomic E-state index is 13.2. The molecule has 4 rings (SSSR count). The summed E-state index contributed by atoms with van der Waals surface area (Å²) in [4.78, 5) is 43.2. The van der Waals surface area contributed by atoms with Crippen molar-refractivity contribution < 1.29 is 19.1 Å². The number of piperazine rings is 1. The molecule has 5 N–H and O–H groups in total. The molecule has 2 aliphatic rings. The van der Waals surface area contributed by atoms with Gasteiger partial charge in [0.25, 0.3) is 0 Å². The monoisotopic (exact) mass is 463 g/mol. The first-order chi connectivity index (χ1) is 16.4. The first-order valence-electron chi connectivity index (χ1n) is 11.3. The zero-order valence-corrected chi connectivity index (χ0v) is 19.1. The van der Waals surface area contributed by atoms with E-state index < -0.39 is 18.2 Å². The Morgan fingerprint density at radius 1 is 1.09 bits per heavy atom. The van der Waals surface area contributed by atoms with Crippen molar-refractivity contribution in [2.75, 3.05) is 19.7 Å². The molecule has 178 valence electrons. The number of nitrogens with one attached hydrogen (secondary N) is 1. The molecule has 2 amide bonds. The van der Waals surface area contributed by atoms with Crippen molar-refractivity contribution >= 4 is 23.7 Å². The number of carbonyl (C=O) groups excluding carboxylic acids is 3. The maximum Gasteiger partial charge on any atom is 0.410 e. The van der Waals surface area contributed by atoms with Crippen LogP contribution in [0.3, 0.4) is 0 Å². The third-order valence-corrected chi connectivity index (χ3v) is 6.37. The fourth-order valence-corrected chi connectivity index (χ4v) is 4.67. The maximum atomic E-state index is 13.2. The van der Waals surface area contributed by atoms with Crippen LogP contribution in [0.4, 0.5) is 4.79 Å². The molecule has 1 aliphatic carbocycles. The van der Waals surface area contributed by atoms with Gasteiger partial charge in [0.1, 0.15) is 18.7 Å². The Hall–Kier alpha value is -3.88. The van der Waals surface area contributed by atoms with Gasteiger partial charge in [-0.2, -0.15) is 0 Å². The van der Waals surface area contributed by atoms with Gasteiger partial charge in [-0.3, -0.25) is 19.5 Å². The highest BCUT2D eigenvalue weighted by Gasteiger charge is 2.40. The predicted octanol–water partition coefficient (Wildman–Crippen LogP) is 1.75. The third-order valence-electron chi connectivity index (χ3n) is 6.37. The van der Waals surface area contributed by atoms with Crippen LogP contribution < -0.4 is 16.8 Å². The van der Waals surface area contributed by atoms with Crippen molar-refractivity contribution in [1.82, 2.24) is 10.2 Å². The Morgan fingerprint density at radius 2 is 1.71 bits per heavy atom. The second-order valence-electron chi connectivity index (χ2n) is 8.59. The fraction of sp³-hybridized carbons (Fsp3) is 0.360. The minimum atomic E-state index is -0.763. The molecule has 1 aliphatic heterocycles. The highest BCUT2D eigenvalue weighted by Crippen LogP contribution is 2.44. The van der Waals surface area contributed by atoms with Gasteiger partial charge in [0.2, 0.25) is 5.91 Å². The molecule has 0 aromatic heterocycles. The number of rotatable bonds is 7. The molecule has 9 heteroatoms. The van der Waals surface area contributed by atoms with Crippen molar-refractivity contribution in [1.29, 1.82) is 0 Å². The van der Waals surface area contributed by atoms with E-state index >= 15 is 0 Å². The largest absolute Gasteiger partial charge is 0.448 e. The van der Waals surface area contributed by atoms with Crippen molar-refractivity contribution in [3.05, 3.63) is 59.7 Å². The molecule has 0 unspecified atom stereocenters. The van der Waals surface area contributed by atoms with Gasteiger partial charge in [-0.1, -0.05) is 48.5 Å². The van der Waals surface area contributed by atoms with Gasteiger partial charge < -0.3 is 21.5 Å². The third kappa shape index (κ3) is 4.73. The number of hydrogen-bond donors (Lipinski definition) is 3. The second kappa shape index (κ2) is 9.94. The van der Waals surface area contributed by atoms with Gasteiger partial charge in [0.05, 0.1) is 6.54 Å². The molecular formula is C25H29N5O4. The smallest absolute Gasteiger partial charge is 0.410 e. The minimum Gasteiger partial charge on any atom is -0.448 e. The first kappa shape index (κ1) is 23.3. The molecule has 1 heterocycles. The standard InChI is InChI=1S/C25H29N5O4/c1-15(31)21-13-30(22(23(32)29-21)11-6-12-28-24(26)27)25(33)34-14-20-18-9-4-2-7-16(18)17-8-3-5-10-19(17)20/h2-5,7-10,20-22H,6,11-14H2,1H3,(H,29,32)(H4,26,27,28)/t21-,22-/m0/s1. The Morgan fingerprint density at radius 3 is 2.29 bits per heavy atom. The molecular weight excluding hydrogens is 434 g/mol. The SMILES string of the molecule is CC(=O)[C@@H]1CN(C(=O)OCC2c3ccccc3-c3ccccc32)[C@@H](CCCN=C(N)N)C(=O)N1. The fourth-order valence-electron chi connectivity index (χ4n) is 4.67. The van der Waals surface area contributed by atoms with E-state index in [0.29, 0.717) is 19.4 Å². The number of fused-ring (bicyclic) bond motifs is 3. The summed E-state index contributed by atoms with van der Waals surface area (Å²) in [6.07, 6.45) is 0.223. The van der Waals surface area contributed by atoms with Crippen LogP contribution in [0.5, 0.6) is 0 Å². The van der Waals surface area contributed by atoms with Gasteiger partial charge in [0, 0.05) is 12.5 Å². The number of nitrogens with zero attached hydrogens (tertiary/aromatic N) is 2. The molecule has 34 heavy (non-hydrogen) atoms. The van der Waals surface area contributed by atoms with E-state index in [1.165, 1.54) is 11.8 Å². The van der Waals surface area contributed by atoms with Crippen molar-refractivity contribution in [2.24, 2.45) is 16.5 Å². The molecule has 1 fully saturated rings. The Bertz CT molecular complexity index is 1080. The number of ketones is 1. The zero-order chi connectivity index (χ0) is 24.2. The van der Waals surface area contributed by atoms with Crippen molar-refractivity contribution in [3.8, 4) is 11.1 Å². The summed E-state index contributed by atoms with van der Waals surface area (Å²) in [6.45, 7) is 1.92. The predicted molar refractivity (Wildman–Crippen MR) is 128 cm³/mol. The quantitative estimate of drug-likeness (QED) is 0.325. The van der Waals surface area contributed by atoms with E-state index in [2.05, 4.69) is 22.4 Å². The molecule has 0 radical (unpaired) electrons. The number of aliphatic imine (C=N–C) groups is 1. The average Bonchev–Trinajstić information content (AvgIpc) is 3.14. The van der Waals surface area contributed by atoms with Crippen LogP contribution in [0, 0.1) is 0 Å². The molecule has 0 saturated carbocycles. The highest BCUT2D eigenvalue weighted by molar-refractivity contribution is 5.93. The molecule has 9 nitrogen and oxygen atoms in total. The lowest BCUT2D eigenvalue weighted by Gasteiger charge is -2.38. The van der Waals surface area contributed by atoms with E-state index in [9.17, 15) is 14.4 Å². The van der Waals surface area contributed by atoms with E-state index in [4.69, 9.17) is 16.2 Å². The van der Waals surface area contributed by atoms with Crippen LogP contribution in [0.2, 0.25) is 0 Å². The van der Waals surface area contributed by atoms with E-state index in [-0.39, 0.29) is 36.7 Å². The summed E-state index contributed by atoms with van der Waals surface area (Å²) in [5.74, 6) is -0.731. The van der Waals surface area contributed by atoms with Crippen LogP contribution in [0.25, 0.3) is 11.1 Å². The summed E-state index contributed by atoms with van der Waals surface area (Å²) in [6, 6.07) is 14.6. The average molecular weight is 464 g/mol. The minimum absolute atomic E-state index is 0.0295. The van der Waals surface area contributed by atoms with E-state index in [1.54, 1.807) is 0 Å². The van der Waals surface area contributed by atoms with E-state index in [1.807, 2.05) is 36.4 Å². The summed E-state index contributed by atoms with van der Waals surface area (Å²) < 4.78 is 5.76. The normalized spacial score (nSPS) is 19.1. The van der Waals surface area contributed by atoms with E-state index in [0.717, 1.165) is 22.3 Å². The Balaban J connectivity index is 1.49. The number of nitrogens with two attached hydrogens (primary N) is 2. The van der Waals surface area contributed by atoms with Crippen LogP contribution in [-0.2, 0) is 14.3 Å². The lowest BCUT2D eigenvalue weighted by atomic mass is 9.98. The molecule has 0 spiro atoms. The van der Waals surface area contributed by atoms with Crippen LogP contribution >= 0.6 is 0 Å². The topological polar surface area (TPSA) is 140 Å². The molecule has 2 aromatic carbocycles. The second-order valence-corrected chi connectivity index (χ2v) is 8.59. The van der Waals surface area contributed by atoms with Gasteiger partial charge in [-0.25, -0.2) is 4.79 Å². The van der Waals surface area contributed by atoms with Crippen LogP contribution in [0.15, 0.2) is 53.5 Å². The number of hydrogen-bond acceptors (Lipinski definition) is 5. The number of carbonyl (C=O) groups is 3. The summed E-state index contributed by atoms with van der Waals surface area (Å²) in [5.41, 5.74) is 15.2. The Kier molecular flexibility index (Phi) is 6.81. The van der Waals surface area contributed by atoms with Gasteiger partial charge >= 0.3 is 6.09 Å². The number of benzene rings is 2. The summed E-state index contributed by atoms with van der Waals surface area (Å²) >= 11 is 0. The lowest BCUT2D eigenvalue weighted by Crippen LogP contribution is -2.63. The van der Waals surface area contributed by atoms with Crippen LogP contribution in [-0.4, -0.2) is 60.4 Å². The summed E-state index contributed by atoms with van der Waals surface area (Å²) in [5, 5.41) is 2.70. The van der Waals surface area contributed by atoms with Gasteiger partial charge in [-0.05, 0) is 42.0 Å². The zero-order valence-electron chi connectivity index (χ0n) is 19.1. The molecule has 1 saturated heterocycles.